The average Bonchev–Trinajstić information content (AvgIpc) is 2.02. The number of alkyl halides is 4. The van der Waals surface area contributed by atoms with Gasteiger partial charge in [-0.3, -0.25) is 9.18 Å². The lowest BCUT2D eigenvalue weighted by molar-refractivity contribution is -0.177. The van der Waals surface area contributed by atoms with Crippen LogP contribution in [-0.4, -0.2) is 35.4 Å². The van der Waals surface area contributed by atoms with Crippen LogP contribution in [0, 0.1) is 0 Å². The molecule has 8 heteroatoms. The van der Waals surface area contributed by atoms with E-state index < -0.39 is 36.7 Å². The summed E-state index contributed by atoms with van der Waals surface area (Å²) in [5, 5.41) is 9.76. The van der Waals surface area contributed by atoms with Crippen molar-refractivity contribution in [2.75, 3.05) is 6.67 Å². The van der Waals surface area contributed by atoms with Gasteiger partial charge in [-0.05, 0) is 6.92 Å². The normalized spacial score (nSPS) is 15.5. The van der Waals surface area contributed by atoms with E-state index in [9.17, 15) is 27.2 Å². The first kappa shape index (κ1) is 13.7. The maximum atomic E-state index is 11.9. The van der Waals surface area contributed by atoms with Crippen molar-refractivity contribution in [1.29, 1.82) is 0 Å². The first-order valence-electron chi connectivity index (χ1n) is 3.82. The molecular formula is C7H9F4NO3. The van der Waals surface area contributed by atoms with E-state index in [1.165, 1.54) is 5.32 Å². The monoisotopic (exact) mass is 231 g/mol. The molecule has 0 rings (SSSR count). The number of carbonyl (C=O) groups excluding carboxylic acids is 1. The Kier molecular flexibility index (Phi) is 4.06. The highest BCUT2D eigenvalue weighted by molar-refractivity contribution is 5.89. The number of carbonyl (C=O) groups is 2. The molecule has 0 aliphatic heterocycles. The van der Waals surface area contributed by atoms with E-state index in [1.807, 2.05) is 0 Å². The van der Waals surface area contributed by atoms with Crippen molar-refractivity contribution < 1.29 is 32.3 Å². The van der Waals surface area contributed by atoms with Crippen LogP contribution >= 0.6 is 0 Å². The number of halogens is 4. The van der Waals surface area contributed by atoms with Crippen molar-refractivity contribution in [3.63, 3.8) is 0 Å². The summed E-state index contributed by atoms with van der Waals surface area (Å²) in [7, 11) is 0. The minimum atomic E-state index is -5.19. The number of carboxylic acid groups (broad SMARTS) is 1. The molecule has 0 radical (unpaired) electrons. The molecule has 2 N–H and O–H groups in total. The lowest BCUT2D eigenvalue weighted by Gasteiger charge is -2.25. The predicted molar refractivity (Wildman–Crippen MR) is 40.8 cm³/mol. The van der Waals surface area contributed by atoms with Gasteiger partial charge in [0.2, 0.25) is 0 Å². The summed E-state index contributed by atoms with van der Waals surface area (Å²) in [6.07, 6.45) is -5.92. The zero-order valence-electron chi connectivity index (χ0n) is 7.69. The van der Waals surface area contributed by atoms with Crippen molar-refractivity contribution in [3.8, 4) is 0 Å². The van der Waals surface area contributed by atoms with Crippen molar-refractivity contribution >= 4 is 11.9 Å². The third kappa shape index (κ3) is 3.72. The lowest BCUT2D eigenvalue weighted by Crippen LogP contribution is -2.56. The first-order valence-corrected chi connectivity index (χ1v) is 3.82. The van der Waals surface area contributed by atoms with E-state index in [1.54, 1.807) is 0 Å². The molecule has 1 amide bonds. The van der Waals surface area contributed by atoms with Crippen LogP contribution < -0.4 is 5.32 Å². The van der Waals surface area contributed by atoms with E-state index in [0.29, 0.717) is 0 Å². The fraction of sp³-hybridized carbons (Fsp3) is 0.714. The third-order valence-electron chi connectivity index (χ3n) is 1.71. The second-order valence-electron chi connectivity index (χ2n) is 3.03. The highest BCUT2D eigenvalue weighted by atomic mass is 19.4. The summed E-state index contributed by atoms with van der Waals surface area (Å²) in [5.41, 5.74) is -2.25. The van der Waals surface area contributed by atoms with Gasteiger partial charge in [0.25, 0.3) is 0 Å². The minimum absolute atomic E-state index is 0.732. The van der Waals surface area contributed by atoms with Crippen LogP contribution in [0.5, 0.6) is 0 Å². The van der Waals surface area contributed by atoms with E-state index in [-0.39, 0.29) is 0 Å². The SMILES string of the molecule is CC(CCF)(NC(=O)C(F)(F)F)C(=O)O. The van der Waals surface area contributed by atoms with Crippen LogP contribution in [0.25, 0.3) is 0 Å². The topological polar surface area (TPSA) is 66.4 Å². The molecule has 0 fully saturated rings. The van der Waals surface area contributed by atoms with Crippen molar-refractivity contribution in [3.05, 3.63) is 0 Å². The van der Waals surface area contributed by atoms with E-state index in [4.69, 9.17) is 5.11 Å². The summed E-state index contributed by atoms with van der Waals surface area (Å²) in [6.45, 7) is -0.348. The summed E-state index contributed by atoms with van der Waals surface area (Å²) < 4.78 is 47.3. The van der Waals surface area contributed by atoms with Gasteiger partial charge >= 0.3 is 18.1 Å². The second-order valence-corrected chi connectivity index (χ2v) is 3.03. The van der Waals surface area contributed by atoms with Crippen molar-refractivity contribution in [2.24, 2.45) is 0 Å². The Morgan fingerprint density at radius 1 is 1.33 bits per heavy atom. The standard InChI is InChI=1S/C7H9F4NO3/c1-6(2-3-8,5(14)15)12-4(13)7(9,10)11/h2-3H2,1H3,(H,12,13)(H,14,15). The van der Waals surface area contributed by atoms with Gasteiger partial charge in [-0.25, -0.2) is 4.79 Å². The maximum absolute atomic E-state index is 11.9. The molecule has 0 saturated carbocycles. The smallest absolute Gasteiger partial charge is 0.471 e. The molecule has 0 bridgehead atoms. The fourth-order valence-electron chi connectivity index (χ4n) is 0.733. The minimum Gasteiger partial charge on any atom is -0.480 e. The second kappa shape index (κ2) is 4.45. The Morgan fingerprint density at radius 3 is 2.07 bits per heavy atom. The number of nitrogens with one attached hydrogen (secondary N) is 1. The molecule has 0 saturated heterocycles. The van der Waals surface area contributed by atoms with Gasteiger partial charge < -0.3 is 10.4 Å². The van der Waals surface area contributed by atoms with Crippen LogP contribution in [0.4, 0.5) is 17.6 Å². The Balaban J connectivity index is 4.71. The third-order valence-corrected chi connectivity index (χ3v) is 1.71. The highest BCUT2D eigenvalue weighted by Crippen LogP contribution is 2.18. The number of amides is 1. The molecule has 0 aromatic carbocycles. The number of hydrogen-bond donors (Lipinski definition) is 2. The summed E-state index contributed by atoms with van der Waals surface area (Å²) >= 11 is 0. The maximum Gasteiger partial charge on any atom is 0.471 e. The van der Waals surface area contributed by atoms with Crippen LogP contribution in [0.1, 0.15) is 13.3 Å². The van der Waals surface area contributed by atoms with Gasteiger partial charge in [-0.15, -0.1) is 0 Å². The number of hydrogen-bond acceptors (Lipinski definition) is 2. The quantitative estimate of drug-likeness (QED) is 0.705. The molecule has 1 unspecified atom stereocenters. The van der Waals surface area contributed by atoms with Gasteiger partial charge in [-0.1, -0.05) is 0 Å². The summed E-state index contributed by atoms with van der Waals surface area (Å²) in [6, 6.07) is 0. The zero-order chi connectivity index (χ0) is 12.3. The van der Waals surface area contributed by atoms with E-state index in [0.717, 1.165) is 6.92 Å². The first-order chi connectivity index (χ1) is 6.63. The van der Waals surface area contributed by atoms with Gasteiger partial charge in [0, 0.05) is 6.42 Å². The van der Waals surface area contributed by atoms with E-state index >= 15 is 0 Å². The Morgan fingerprint density at radius 2 is 1.80 bits per heavy atom. The molecule has 0 heterocycles. The largest absolute Gasteiger partial charge is 0.480 e. The van der Waals surface area contributed by atoms with Crippen LogP contribution in [0.15, 0.2) is 0 Å². The number of aliphatic carboxylic acids is 1. The van der Waals surface area contributed by atoms with Crippen molar-refractivity contribution in [1.82, 2.24) is 5.32 Å². The average molecular weight is 231 g/mol. The lowest BCUT2D eigenvalue weighted by atomic mass is 9.99. The molecule has 88 valence electrons. The van der Waals surface area contributed by atoms with Gasteiger partial charge in [0.1, 0.15) is 5.54 Å². The van der Waals surface area contributed by atoms with Gasteiger partial charge in [0.15, 0.2) is 0 Å². The molecule has 1 atom stereocenters. The molecule has 0 aromatic heterocycles. The Hall–Kier alpha value is -1.34. The van der Waals surface area contributed by atoms with Gasteiger partial charge in [-0.2, -0.15) is 13.2 Å². The number of rotatable bonds is 4. The van der Waals surface area contributed by atoms with E-state index in [2.05, 4.69) is 0 Å². The summed E-state index contributed by atoms with van der Waals surface area (Å²) in [5.74, 6) is -4.13. The number of carboxylic acids is 1. The Bertz CT molecular complexity index is 265. The Labute approximate surface area is 82.3 Å². The van der Waals surface area contributed by atoms with Crippen LogP contribution in [-0.2, 0) is 9.59 Å². The highest BCUT2D eigenvalue weighted by Gasteiger charge is 2.45. The molecule has 0 spiro atoms. The van der Waals surface area contributed by atoms with Crippen LogP contribution in [0.2, 0.25) is 0 Å². The molecule has 0 aliphatic rings. The zero-order valence-corrected chi connectivity index (χ0v) is 7.69. The summed E-state index contributed by atoms with van der Waals surface area (Å²) in [4.78, 5) is 21.0. The molecule has 0 aliphatic carbocycles. The molecule has 0 aromatic rings. The molecule has 4 nitrogen and oxygen atoms in total. The van der Waals surface area contributed by atoms with Crippen molar-refractivity contribution in [2.45, 2.75) is 25.1 Å². The molecular weight excluding hydrogens is 222 g/mol. The predicted octanol–water partition coefficient (Wildman–Crippen LogP) is 0.868. The fourth-order valence-corrected chi connectivity index (χ4v) is 0.733. The van der Waals surface area contributed by atoms with Crippen LogP contribution in [0.3, 0.4) is 0 Å². The molecule has 15 heavy (non-hydrogen) atoms. The van der Waals surface area contributed by atoms with Gasteiger partial charge in [0.05, 0.1) is 6.67 Å².